The van der Waals surface area contributed by atoms with Crippen LogP contribution in [-0.2, 0) is 30.4 Å². The lowest BCUT2D eigenvalue weighted by atomic mass is 9.92. The summed E-state index contributed by atoms with van der Waals surface area (Å²) >= 11 is 8.84. The third kappa shape index (κ3) is 11.6. The van der Waals surface area contributed by atoms with E-state index >= 15 is 0 Å². The fraction of sp³-hybridized carbons (Fsp3) is 0.452. The molecule has 0 bridgehead atoms. The van der Waals surface area contributed by atoms with Gasteiger partial charge in [-0.25, -0.2) is 0 Å². The summed E-state index contributed by atoms with van der Waals surface area (Å²) in [6, 6.07) is 10.7. The molecule has 12 nitrogen and oxygen atoms in total. The maximum atomic E-state index is 13.2. The Morgan fingerprint density at radius 3 is 1.84 bits per heavy atom. The number of nitrogens with two attached hydrogens (primary N) is 2. The second kappa shape index (κ2) is 16.0. The van der Waals surface area contributed by atoms with Gasteiger partial charge in [0.1, 0.15) is 23.9 Å². The molecule has 5 amide bonds. The minimum atomic E-state index is -1.18. The van der Waals surface area contributed by atoms with E-state index in [9.17, 15) is 29.1 Å². The summed E-state index contributed by atoms with van der Waals surface area (Å²) in [6.45, 7) is 7.69. The SMILES string of the molecule is CC(c1ccc(O)cc1)[C@@H](N)C(=O)N[C@@H](C(=O)NCC(=O)N[C@@H](Cc1ccccc1)C(=O)N[C@@H](C(N)=O)C(C)(C)S)C(C)(C)S. The Labute approximate surface area is 274 Å². The summed E-state index contributed by atoms with van der Waals surface area (Å²) in [7, 11) is 0. The highest BCUT2D eigenvalue weighted by molar-refractivity contribution is 7.82. The Morgan fingerprint density at radius 1 is 0.800 bits per heavy atom. The molecule has 246 valence electrons. The lowest BCUT2D eigenvalue weighted by Crippen LogP contribution is -2.61. The third-order valence-electron chi connectivity index (χ3n) is 7.15. The van der Waals surface area contributed by atoms with Crippen LogP contribution in [0.4, 0.5) is 0 Å². The maximum absolute atomic E-state index is 13.2. The van der Waals surface area contributed by atoms with Crippen LogP contribution in [0.3, 0.4) is 0 Å². The molecule has 2 aromatic rings. The van der Waals surface area contributed by atoms with Crippen molar-refractivity contribution >= 4 is 54.8 Å². The van der Waals surface area contributed by atoms with Crippen molar-refractivity contribution in [1.29, 1.82) is 0 Å². The van der Waals surface area contributed by atoms with Gasteiger partial charge in [-0.15, -0.1) is 0 Å². The van der Waals surface area contributed by atoms with Gasteiger partial charge >= 0.3 is 0 Å². The fourth-order valence-corrected chi connectivity index (χ4v) is 4.80. The second-order valence-corrected chi connectivity index (χ2v) is 14.3. The van der Waals surface area contributed by atoms with Crippen molar-refractivity contribution in [2.75, 3.05) is 6.54 Å². The lowest BCUT2D eigenvalue weighted by Gasteiger charge is -2.31. The number of primary amides is 1. The Morgan fingerprint density at radius 2 is 1.33 bits per heavy atom. The van der Waals surface area contributed by atoms with Crippen LogP contribution in [0.1, 0.15) is 51.7 Å². The van der Waals surface area contributed by atoms with E-state index < -0.39 is 75.7 Å². The molecule has 2 rings (SSSR count). The molecule has 0 saturated heterocycles. The predicted molar refractivity (Wildman–Crippen MR) is 179 cm³/mol. The van der Waals surface area contributed by atoms with Crippen molar-refractivity contribution in [3.8, 4) is 5.75 Å². The number of rotatable bonds is 15. The summed E-state index contributed by atoms with van der Waals surface area (Å²) in [5.74, 6) is -3.83. The largest absolute Gasteiger partial charge is 0.508 e. The van der Waals surface area contributed by atoms with Crippen LogP contribution < -0.4 is 32.7 Å². The third-order valence-corrected chi connectivity index (χ3v) is 7.67. The number of hydrogen-bond acceptors (Lipinski definition) is 9. The summed E-state index contributed by atoms with van der Waals surface area (Å²) < 4.78 is -2.04. The van der Waals surface area contributed by atoms with Crippen molar-refractivity contribution in [1.82, 2.24) is 21.3 Å². The van der Waals surface area contributed by atoms with Gasteiger partial charge in [-0.3, -0.25) is 24.0 Å². The number of carbonyl (C=O) groups excluding carboxylic acids is 5. The molecule has 0 spiro atoms. The van der Waals surface area contributed by atoms with Gasteiger partial charge < -0.3 is 37.8 Å². The molecule has 14 heteroatoms. The fourth-order valence-electron chi connectivity index (χ4n) is 4.43. The molecular weight excluding hydrogens is 617 g/mol. The number of nitrogens with one attached hydrogen (secondary N) is 4. The average molecular weight is 661 g/mol. The molecule has 0 aromatic heterocycles. The number of thiol groups is 2. The van der Waals surface area contributed by atoms with E-state index in [2.05, 4.69) is 46.5 Å². The second-order valence-electron chi connectivity index (χ2n) is 12.0. The smallest absolute Gasteiger partial charge is 0.244 e. The zero-order chi connectivity index (χ0) is 34.1. The Hall–Kier alpha value is -3.75. The molecule has 45 heavy (non-hydrogen) atoms. The molecule has 0 saturated carbocycles. The zero-order valence-electron chi connectivity index (χ0n) is 26.0. The predicted octanol–water partition coefficient (Wildman–Crippen LogP) is 0.538. The Kier molecular flexibility index (Phi) is 13.3. The first-order valence-corrected chi connectivity index (χ1v) is 15.2. The van der Waals surface area contributed by atoms with Gasteiger partial charge in [-0.05, 0) is 51.0 Å². The lowest BCUT2D eigenvalue weighted by molar-refractivity contribution is -0.133. The molecule has 2 aromatic carbocycles. The van der Waals surface area contributed by atoms with Crippen LogP contribution >= 0.6 is 25.3 Å². The summed E-state index contributed by atoms with van der Waals surface area (Å²) in [5, 5.41) is 19.8. The van der Waals surface area contributed by atoms with Gasteiger partial charge in [0, 0.05) is 21.8 Å². The molecule has 0 aliphatic carbocycles. The first kappa shape index (κ1) is 37.4. The molecule has 0 aliphatic heterocycles. The van der Waals surface area contributed by atoms with Crippen LogP contribution in [0.15, 0.2) is 54.6 Å². The van der Waals surface area contributed by atoms with Crippen molar-refractivity contribution in [2.24, 2.45) is 11.5 Å². The first-order valence-electron chi connectivity index (χ1n) is 14.3. The number of aromatic hydroxyl groups is 1. The van der Waals surface area contributed by atoms with Gasteiger partial charge in [0.25, 0.3) is 0 Å². The highest BCUT2D eigenvalue weighted by Gasteiger charge is 2.37. The number of phenolic OH excluding ortho intramolecular Hbond substituents is 1. The standard InChI is InChI=1S/C31H44N6O6S2/c1-17(19-11-13-20(38)14-12-19)23(32)28(42)37-25(31(4,5)45)29(43)34-16-22(39)35-21(15-18-9-7-6-8-10-18)27(41)36-24(26(33)40)30(2,3)44/h6-14,17,21,23-25,38,44-45H,15-16,32H2,1-5H3,(H2,33,40)(H,34,43)(H,35,39)(H,36,41)(H,37,42)/t17?,21-,23+,24-,25-/m0/s1. The van der Waals surface area contributed by atoms with E-state index in [1.165, 1.54) is 12.1 Å². The number of amides is 5. The van der Waals surface area contributed by atoms with Crippen molar-refractivity contribution in [3.63, 3.8) is 0 Å². The van der Waals surface area contributed by atoms with Crippen LogP contribution in [0.5, 0.6) is 5.75 Å². The van der Waals surface area contributed by atoms with Crippen molar-refractivity contribution in [2.45, 2.75) is 80.6 Å². The van der Waals surface area contributed by atoms with E-state index in [1.54, 1.807) is 77.1 Å². The van der Waals surface area contributed by atoms with Gasteiger partial charge in [-0.2, -0.15) is 25.3 Å². The Balaban J connectivity index is 2.12. The summed E-state index contributed by atoms with van der Waals surface area (Å²) in [5.41, 5.74) is 13.1. The van der Waals surface area contributed by atoms with Crippen LogP contribution in [0.25, 0.3) is 0 Å². The number of phenols is 1. The number of hydrogen-bond donors (Lipinski definition) is 9. The molecule has 0 heterocycles. The van der Waals surface area contributed by atoms with E-state index in [0.29, 0.717) is 5.56 Å². The number of benzene rings is 2. The van der Waals surface area contributed by atoms with E-state index in [4.69, 9.17) is 11.5 Å². The van der Waals surface area contributed by atoms with Gasteiger partial charge in [-0.1, -0.05) is 49.4 Å². The van der Waals surface area contributed by atoms with Crippen LogP contribution in [0, 0.1) is 0 Å². The van der Waals surface area contributed by atoms with E-state index in [1.807, 2.05) is 0 Å². The van der Waals surface area contributed by atoms with Crippen LogP contribution in [-0.4, -0.2) is 74.8 Å². The maximum Gasteiger partial charge on any atom is 0.244 e. The monoisotopic (exact) mass is 660 g/mol. The quantitative estimate of drug-likeness (QED) is 0.124. The van der Waals surface area contributed by atoms with Crippen molar-refractivity contribution in [3.05, 3.63) is 65.7 Å². The molecular formula is C31H44N6O6S2. The first-order chi connectivity index (χ1) is 20.8. The summed E-state index contributed by atoms with van der Waals surface area (Å²) in [6.07, 6.45) is 0.0876. The number of carbonyl (C=O) groups is 5. The molecule has 0 aliphatic rings. The van der Waals surface area contributed by atoms with E-state index in [0.717, 1.165) is 5.56 Å². The van der Waals surface area contributed by atoms with Crippen LogP contribution in [0.2, 0.25) is 0 Å². The Bertz CT molecular complexity index is 1350. The highest BCUT2D eigenvalue weighted by Crippen LogP contribution is 2.23. The topological polar surface area (TPSA) is 206 Å². The molecule has 1 unspecified atom stereocenters. The average Bonchev–Trinajstić information content (AvgIpc) is 2.95. The molecule has 5 atom stereocenters. The van der Waals surface area contributed by atoms with Gasteiger partial charge in [0.05, 0.1) is 12.6 Å². The van der Waals surface area contributed by atoms with E-state index in [-0.39, 0.29) is 12.2 Å². The van der Waals surface area contributed by atoms with Gasteiger partial charge in [0.15, 0.2) is 0 Å². The minimum Gasteiger partial charge on any atom is -0.508 e. The normalized spacial score (nSPS) is 15.0. The molecule has 0 radical (unpaired) electrons. The minimum absolute atomic E-state index is 0.0741. The zero-order valence-corrected chi connectivity index (χ0v) is 27.8. The molecule has 0 fully saturated rings. The van der Waals surface area contributed by atoms with Crippen molar-refractivity contribution < 1.29 is 29.1 Å². The highest BCUT2D eigenvalue weighted by atomic mass is 32.1. The molecule has 9 N–H and O–H groups in total. The van der Waals surface area contributed by atoms with Gasteiger partial charge in [0.2, 0.25) is 29.5 Å². The summed E-state index contributed by atoms with van der Waals surface area (Å²) in [4.78, 5) is 64.5.